The van der Waals surface area contributed by atoms with Crippen LogP contribution in [0.15, 0.2) is 40.9 Å². The van der Waals surface area contributed by atoms with E-state index in [9.17, 15) is 9.18 Å². The molecule has 0 aliphatic rings. The van der Waals surface area contributed by atoms with Crippen molar-refractivity contribution in [2.24, 2.45) is 0 Å². The highest BCUT2D eigenvalue weighted by Gasteiger charge is 2.15. The lowest BCUT2D eigenvalue weighted by atomic mass is 10.0. The zero-order valence-corrected chi connectivity index (χ0v) is 11.4. The molecule has 0 radical (unpaired) electrons. The van der Waals surface area contributed by atoms with Gasteiger partial charge in [0.05, 0.1) is 10.7 Å². The molecule has 5 heteroatoms. The van der Waals surface area contributed by atoms with Gasteiger partial charge in [0.2, 0.25) is 0 Å². The largest absolute Gasteiger partial charge is 0.396 e. The van der Waals surface area contributed by atoms with Crippen molar-refractivity contribution in [1.29, 1.82) is 0 Å². The second-order valence-corrected chi connectivity index (χ2v) is 4.90. The molecule has 0 unspecified atom stereocenters. The Hall–Kier alpha value is -1.39. The van der Waals surface area contributed by atoms with Crippen LogP contribution >= 0.6 is 27.5 Å². The van der Waals surface area contributed by atoms with Crippen LogP contribution in [0.3, 0.4) is 0 Å². The maximum atomic E-state index is 13.3. The van der Waals surface area contributed by atoms with Gasteiger partial charge in [-0.25, -0.2) is 4.39 Å². The van der Waals surface area contributed by atoms with Crippen molar-refractivity contribution in [3.63, 3.8) is 0 Å². The van der Waals surface area contributed by atoms with E-state index in [0.29, 0.717) is 15.1 Å². The number of halogens is 3. The highest BCUT2D eigenvalue weighted by atomic mass is 79.9. The number of carbonyl (C=O) groups is 1. The molecule has 0 amide bonds. The van der Waals surface area contributed by atoms with Crippen molar-refractivity contribution >= 4 is 39.0 Å². The molecule has 0 aliphatic carbocycles. The molecule has 0 fully saturated rings. The van der Waals surface area contributed by atoms with Gasteiger partial charge in [-0.3, -0.25) is 4.79 Å². The molecule has 0 saturated carbocycles. The molecule has 0 bridgehead atoms. The third kappa shape index (κ3) is 2.40. The van der Waals surface area contributed by atoms with Crippen molar-refractivity contribution in [1.82, 2.24) is 0 Å². The zero-order chi connectivity index (χ0) is 13.3. The molecule has 0 heterocycles. The molecule has 0 saturated heterocycles. The van der Waals surface area contributed by atoms with E-state index >= 15 is 0 Å². The SMILES string of the molecule is Nc1ccc(C(=O)c2cccc(Br)c2Cl)cc1F. The van der Waals surface area contributed by atoms with E-state index in [2.05, 4.69) is 15.9 Å². The number of nitrogens with two attached hydrogens (primary N) is 1. The first-order valence-corrected chi connectivity index (χ1v) is 6.21. The molecule has 2 nitrogen and oxygen atoms in total. The van der Waals surface area contributed by atoms with Crippen LogP contribution < -0.4 is 5.73 Å². The summed E-state index contributed by atoms with van der Waals surface area (Å²) in [5, 5.41) is 0.305. The summed E-state index contributed by atoms with van der Waals surface area (Å²) in [5.41, 5.74) is 5.89. The predicted octanol–water partition coefficient (Wildman–Crippen LogP) is 4.05. The van der Waals surface area contributed by atoms with Crippen molar-refractivity contribution in [2.45, 2.75) is 0 Å². The van der Waals surface area contributed by atoms with Crippen molar-refractivity contribution in [3.8, 4) is 0 Å². The Balaban J connectivity index is 2.48. The smallest absolute Gasteiger partial charge is 0.194 e. The Kier molecular flexibility index (Phi) is 3.68. The predicted molar refractivity (Wildman–Crippen MR) is 73.4 cm³/mol. The summed E-state index contributed by atoms with van der Waals surface area (Å²) < 4.78 is 13.9. The molecule has 92 valence electrons. The first-order valence-electron chi connectivity index (χ1n) is 5.04. The Labute approximate surface area is 117 Å². The fourth-order valence-corrected chi connectivity index (χ4v) is 2.08. The fraction of sp³-hybridized carbons (Fsp3) is 0. The van der Waals surface area contributed by atoms with Crippen LogP contribution in [-0.2, 0) is 0 Å². The first kappa shape index (κ1) is 13.1. The van der Waals surface area contributed by atoms with Gasteiger partial charge in [0.25, 0.3) is 0 Å². The molecule has 18 heavy (non-hydrogen) atoms. The average molecular weight is 329 g/mol. The summed E-state index contributed by atoms with van der Waals surface area (Å²) in [6.07, 6.45) is 0. The molecule has 0 spiro atoms. The number of hydrogen-bond acceptors (Lipinski definition) is 2. The Morgan fingerprint density at radius 1 is 1.28 bits per heavy atom. The van der Waals surface area contributed by atoms with E-state index in [0.717, 1.165) is 6.07 Å². The van der Waals surface area contributed by atoms with Gasteiger partial charge < -0.3 is 5.73 Å². The van der Waals surface area contributed by atoms with Gasteiger partial charge in [0, 0.05) is 15.6 Å². The maximum absolute atomic E-state index is 13.3. The van der Waals surface area contributed by atoms with E-state index in [1.807, 2.05) is 0 Å². The highest BCUT2D eigenvalue weighted by molar-refractivity contribution is 9.10. The quantitative estimate of drug-likeness (QED) is 0.667. The molecule has 2 rings (SSSR count). The Morgan fingerprint density at radius 3 is 2.67 bits per heavy atom. The number of carbonyl (C=O) groups excluding carboxylic acids is 1. The Bertz CT molecular complexity index is 630. The number of hydrogen-bond donors (Lipinski definition) is 1. The van der Waals surface area contributed by atoms with Gasteiger partial charge in [-0.15, -0.1) is 0 Å². The fourth-order valence-electron chi connectivity index (χ4n) is 1.50. The first-order chi connectivity index (χ1) is 8.50. The number of nitrogen functional groups attached to an aromatic ring is 1. The zero-order valence-electron chi connectivity index (χ0n) is 9.08. The van der Waals surface area contributed by atoms with Crippen molar-refractivity contribution in [3.05, 3.63) is 62.8 Å². The lowest BCUT2D eigenvalue weighted by Gasteiger charge is -2.06. The van der Waals surface area contributed by atoms with Gasteiger partial charge in [-0.1, -0.05) is 17.7 Å². The number of anilines is 1. The molecular formula is C13H8BrClFNO. The van der Waals surface area contributed by atoms with E-state index in [1.54, 1.807) is 18.2 Å². The maximum Gasteiger partial charge on any atom is 0.194 e. The third-order valence-corrected chi connectivity index (χ3v) is 3.76. The molecular weight excluding hydrogens is 321 g/mol. The van der Waals surface area contributed by atoms with Gasteiger partial charge in [-0.2, -0.15) is 0 Å². The van der Waals surface area contributed by atoms with Crippen LogP contribution in [0, 0.1) is 5.82 Å². The molecule has 2 N–H and O–H groups in total. The average Bonchev–Trinajstić information content (AvgIpc) is 2.35. The second-order valence-electron chi connectivity index (χ2n) is 3.67. The van der Waals surface area contributed by atoms with Crippen LogP contribution in [0.5, 0.6) is 0 Å². The van der Waals surface area contributed by atoms with E-state index < -0.39 is 5.82 Å². The van der Waals surface area contributed by atoms with E-state index in [4.69, 9.17) is 17.3 Å². The number of rotatable bonds is 2. The Morgan fingerprint density at radius 2 is 2.00 bits per heavy atom. The number of benzene rings is 2. The normalized spacial score (nSPS) is 10.4. The molecule has 2 aromatic rings. The van der Waals surface area contributed by atoms with Crippen LogP contribution in [0.25, 0.3) is 0 Å². The van der Waals surface area contributed by atoms with Crippen LogP contribution in [0.2, 0.25) is 5.02 Å². The minimum Gasteiger partial charge on any atom is -0.396 e. The van der Waals surface area contributed by atoms with Crippen molar-refractivity contribution in [2.75, 3.05) is 5.73 Å². The molecule has 0 aliphatic heterocycles. The summed E-state index contributed by atoms with van der Waals surface area (Å²) in [6.45, 7) is 0. The lowest BCUT2D eigenvalue weighted by Crippen LogP contribution is -2.04. The summed E-state index contributed by atoms with van der Waals surface area (Å²) >= 11 is 9.26. The van der Waals surface area contributed by atoms with E-state index in [1.165, 1.54) is 12.1 Å². The van der Waals surface area contributed by atoms with Crippen LogP contribution in [0.1, 0.15) is 15.9 Å². The minimum atomic E-state index is -0.619. The molecule has 2 aromatic carbocycles. The summed E-state index contributed by atoms with van der Waals surface area (Å²) in [6, 6.07) is 8.94. The summed E-state index contributed by atoms with van der Waals surface area (Å²) in [5.74, 6) is -0.966. The number of ketones is 1. The van der Waals surface area contributed by atoms with Gasteiger partial charge >= 0.3 is 0 Å². The monoisotopic (exact) mass is 327 g/mol. The summed E-state index contributed by atoms with van der Waals surface area (Å²) in [4.78, 5) is 12.2. The summed E-state index contributed by atoms with van der Waals surface area (Å²) in [7, 11) is 0. The van der Waals surface area contributed by atoms with Crippen molar-refractivity contribution < 1.29 is 9.18 Å². The second kappa shape index (κ2) is 5.08. The minimum absolute atomic E-state index is 0.00638. The van der Waals surface area contributed by atoms with Gasteiger partial charge in [-0.05, 0) is 46.3 Å². The van der Waals surface area contributed by atoms with E-state index in [-0.39, 0.29) is 17.0 Å². The topological polar surface area (TPSA) is 43.1 Å². The third-order valence-electron chi connectivity index (χ3n) is 2.46. The van der Waals surface area contributed by atoms with Crippen LogP contribution in [0.4, 0.5) is 10.1 Å². The molecule has 0 aromatic heterocycles. The lowest BCUT2D eigenvalue weighted by molar-refractivity contribution is 0.103. The highest BCUT2D eigenvalue weighted by Crippen LogP contribution is 2.28. The van der Waals surface area contributed by atoms with Gasteiger partial charge in [0.1, 0.15) is 5.82 Å². The molecule has 0 atom stereocenters. The van der Waals surface area contributed by atoms with Gasteiger partial charge in [0.15, 0.2) is 5.78 Å². The standard InChI is InChI=1S/C13H8BrClFNO/c14-9-3-1-2-8(12(9)15)13(18)7-4-5-11(17)10(16)6-7/h1-6H,17H2. The van der Waals surface area contributed by atoms with Crippen LogP contribution in [-0.4, -0.2) is 5.78 Å².